The summed E-state index contributed by atoms with van der Waals surface area (Å²) in [7, 11) is 2.16. The zero-order chi connectivity index (χ0) is 24.0. The highest BCUT2D eigenvalue weighted by Crippen LogP contribution is 2.30. The van der Waals surface area contributed by atoms with Gasteiger partial charge < -0.3 is 30.5 Å². The number of halogens is 1. The molecule has 2 aromatic carbocycles. The molecule has 35 heavy (non-hydrogen) atoms. The Balaban J connectivity index is 1.23. The quantitative estimate of drug-likeness (QED) is 0.441. The molecule has 5 rings (SSSR count). The topological polar surface area (TPSA) is 77.6 Å². The summed E-state index contributed by atoms with van der Waals surface area (Å²) in [6.45, 7) is 6.30. The van der Waals surface area contributed by atoms with Crippen LogP contribution in [-0.4, -0.2) is 67.2 Å². The van der Waals surface area contributed by atoms with Crippen LogP contribution >= 0.6 is 11.6 Å². The Morgan fingerprint density at radius 3 is 2.66 bits per heavy atom. The third-order valence-corrected chi connectivity index (χ3v) is 6.68. The molecule has 0 saturated carbocycles. The second-order valence-corrected chi connectivity index (χ2v) is 9.53. The average Bonchev–Trinajstić information content (AvgIpc) is 2.88. The molecule has 1 unspecified atom stereocenters. The Labute approximate surface area is 211 Å². The summed E-state index contributed by atoms with van der Waals surface area (Å²) >= 11 is 6.35. The minimum atomic E-state index is 0.315. The normalized spacial score (nSPS) is 18.8. The lowest BCUT2D eigenvalue weighted by molar-refractivity contribution is 0.313. The van der Waals surface area contributed by atoms with E-state index >= 15 is 0 Å². The van der Waals surface area contributed by atoms with Crippen LogP contribution in [0.25, 0.3) is 0 Å². The summed E-state index contributed by atoms with van der Waals surface area (Å²) < 4.78 is 6.04. The number of nitrogens with one attached hydrogen (secondary N) is 3. The smallest absolute Gasteiger partial charge is 0.243 e. The molecule has 2 aliphatic rings. The molecular formula is C26H32ClN7O. The second-order valence-electron chi connectivity index (χ2n) is 9.13. The lowest BCUT2D eigenvalue weighted by Crippen LogP contribution is -2.44. The fourth-order valence-corrected chi connectivity index (χ4v) is 4.53. The summed E-state index contributed by atoms with van der Waals surface area (Å²) in [5.74, 6) is 1.41. The highest BCUT2D eigenvalue weighted by molar-refractivity contribution is 6.31. The number of piperidine rings is 1. The van der Waals surface area contributed by atoms with Crippen molar-refractivity contribution in [3.05, 3.63) is 59.8 Å². The molecular weight excluding hydrogens is 462 g/mol. The summed E-state index contributed by atoms with van der Waals surface area (Å²) in [6.07, 6.45) is 3.89. The monoisotopic (exact) mass is 493 g/mol. The van der Waals surface area contributed by atoms with Crippen molar-refractivity contribution >= 4 is 34.6 Å². The molecule has 0 amide bonds. The van der Waals surface area contributed by atoms with Gasteiger partial charge in [0.1, 0.15) is 10.8 Å². The van der Waals surface area contributed by atoms with E-state index in [9.17, 15) is 0 Å². The van der Waals surface area contributed by atoms with E-state index in [0.717, 1.165) is 57.1 Å². The number of ether oxygens (including phenoxy) is 1. The summed E-state index contributed by atoms with van der Waals surface area (Å²) in [5, 5.41) is 10.6. The molecule has 2 aliphatic heterocycles. The van der Waals surface area contributed by atoms with Gasteiger partial charge >= 0.3 is 0 Å². The van der Waals surface area contributed by atoms with Crippen molar-refractivity contribution in [2.75, 3.05) is 61.8 Å². The van der Waals surface area contributed by atoms with E-state index in [1.807, 2.05) is 36.4 Å². The van der Waals surface area contributed by atoms with Crippen LogP contribution in [0.3, 0.4) is 0 Å². The third-order valence-electron chi connectivity index (χ3n) is 6.42. The van der Waals surface area contributed by atoms with Gasteiger partial charge in [-0.1, -0.05) is 17.7 Å². The summed E-state index contributed by atoms with van der Waals surface area (Å²) in [6, 6.07) is 16.6. The predicted molar refractivity (Wildman–Crippen MR) is 143 cm³/mol. The molecule has 9 heteroatoms. The Bertz CT molecular complexity index is 1110. The Morgan fingerprint density at radius 1 is 1.06 bits per heavy atom. The van der Waals surface area contributed by atoms with Crippen molar-refractivity contribution in [1.82, 2.24) is 20.2 Å². The molecule has 1 aromatic heterocycles. The van der Waals surface area contributed by atoms with Crippen LogP contribution in [-0.2, 0) is 0 Å². The lowest BCUT2D eigenvalue weighted by Gasteiger charge is -2.34. The molecule has 184 valence electrons. The molecule has 3 heterocycles. The fraction of sp³-hybridized carbons (Fsp3) is 0.385. The van der Waals surface area contributed by atoms with E-state index in [1.165, 1.54) is 12.1 Å². The van der Waals surface area contributed by atoms with E-state index in [2.05, 4.69) is 54.9 Å². The number of anilines is 4. The largest absolute Gasteiger partial charge is 0.437 e. The van der Waals surface area contributed by atoms with E-state index < -0.39 is 0 Å². The standard InChI is InChI=1S/C26H32ClN7O/c1-33-12-14-34(15-13-33)22-9-7-19(8-10-22)31-26-29-18-24(27)25(32-26)35-23-6-2-4-20(16-23)30-21-5-3-11-28-17-21/h2,4,6-10,16,18,21,28,30H,3,5,11-15,17H2,1H3,(H,29,31,32). The van der Waals surface area contributed by atoms with E-state index in [0.29, 0.717) is 28.6 Å². The molecule has 0 bridgehead atoms. The first-order valence-electron chi connectivity index (χ1n) is 12.2. The highest BCUT2D eigenvalue weighted by Gasteiger charge is 2.15. The van der Waals surface area contributed by atoms with Crippen LogP contribution < -0.4 is 25.6 Å². The van der Waals surface area contributed by atoms with Crippen molar-refractivity contribution in [1.29, 1.82) is 0 Å². The molecule has 1 atom stereocenters. The molecule has 0 spiro atoms. The van der Waals surface area contributed by atoms with E-state index in [-0.39, 0.29) is 0 Å². The fourth-order valence-electron chi connectivity index (χ4n) is 4.40. The van der Waals surface area contributed by atoms with Gasteiger partial charge in [-0.05, 0) is 62.8 Å². The van der Waals surface area contributed by atoms with E-state index in [1.54, 1.807) is 6.20 Å². The summed E-state index contributed by atoms with van der Waals surface area (Å²) in [5.41, 5.74) is 3.14. The van der Waals surface area contributed by atoms with Crippen molar-refractivity contribution < 1.29 is 4.74 Å². The zero-order valence-electron chi connectivity index (χ0n) is 20.0. The van der Waals surface area contributed by atoms with E-state index in [4.69, 9.17) is 16.3 Å². The predicted octanol–water partition coefficient (Wildman–Crippen LogP) is 4.58. The Hall–Kier alpha value is -3.07. The van der Waals surface area contributed by atoms with Gasteiger partial charge in [0, 0.05) is 61.9 Å². The molecule has 3 aromatic rings. The van der Waals surface area contributed by atoms with Gasteiger partial charge in [0.15, 0.2) is 0 Å². The number of hydrogen-bond acceptors (Lipinski definition) is 8. The third kappa shape index (κ3) is 6.33. The van der Waals surface area contributed by atoms with Gasteiger partial charge in [0.25, 0.3) is 0 Å². The van der Waals surface area contributed by atoms with Gasteiger partial charge in [-0.2, -0.15) is 4.98 Å². The van der Waals surface area contributed by atoms with Crippen LogP contribution in [0, 0.1) is 0 Å². The molecule has 8 nitrogen and oxygen atoms in total. The molecule has 0 aliphatic carbocycles. The maximum atomic E-state index is 6.35. The number of benzene rings is 2. The lowest BCUT2D eigenvalue weighted by atomic mass is 10.1. The Morgan fingerprint density at radius 2 is 1.89 bits per heavy atom. The van der Waals surface area contributed by atoms with Crippen LogP contribution in [0.1, 0.15) is 12.8 Å². The number of nitrogens with zero attached hydrogens (tertiary/aromatic N) is 4. The maximum absolute atomic E-state index is 6.35. The SMILES string of the molecule is CN1CCN(c2ccc(Nc3ncc(Cl)c(Oc4cccc(NC5CCCNC5)c4)n3)cc2)CC1. The van der Waals surface area contributed by atoms with Crippen molar-refractivity contribution in [2.24, 2.45) is 0 Å². The number of hydrogen-bond donors (Lipinski definition) is 3. The number of piperazine rings is 1. The van der Waals surface area contributed by atoms with Crippen molar-refractivity contribution in [2.45, 2.75) is 18.9 Å². The van der Waals surface area contributed by atoms with Gasteiger partial charge in [0.2, 0.25) is 11.8 Å². The van der Waals surface area contributed by atoms with Gasteiger partial charge in [-0.25, -0.2) is 4.98 Å². The first kappa shape index (κ1) is 23.7. The van der Waals surface area contributed by atoms with Crippen LogP contribution in [0.4, 0.5) is 23.0 Å². The number of aromatic nitrogens is 2. The van der Waals surface area contributed by atoms with Gasteiger partial charge in [-0.15, -0.1) is 0 Å². The first-order valence-corrected chi connectivity index (χ1v) is 12.6. The van der Waals surface area contributed by atoms with Gasteiger partial charge in [-0.3, -0.25) is 0 Å². The van der Waals surface area contributed by atoms with Gasteiger partial charge in [0.05, 0.1) is 6.20 Å². The first-order chi connectivity index (χ1) is 17.1. The molecule has 3 N–H and O–H groups in total. The molecule has 0 radical (unpaired) electrons. The molecule has 2 saturated heterocycles. The average molecular weight is 494 g/mol. The van der Waals surface area contributed by atoms with Crippen LogP contribution in [0.15, 0.2) is 54.7 Å². The Kier molecular flexibility index (Phi) is 7.51. The highest BCUT2D eigenvalue weighted by atomic mass is 35.5. The number of likely N-dealkylation sites (N-methyl/N-ethyl adjacent to an activating group) is 1. The maximum Gasteiger partial charge on any atom is 0.243 e. The molecule has 2 fully saturated rings. The van der Waals surface area contributed by atoms with Crippen molar-refractivity contribution in [3.63, 3.8) is 0 Å². The minimum absolute atomic E-state index is 0.315. The summed E-state index contributed by atoms with van der Waals surface area (Å²) in [4.78, 5) is 13.6. The van der Waals surface area contributed by atoms with Crippen LogP contribution in [0.2, 0.25) is 5.02 Å². The second kappa shape index (κ2) is 11.1. The van der Waals surface area contributed by atoms with Crippen LogP contribution in [0.5, 0.6) is 11.6 Å². The zero-order valence-corrected chi connectivity index (χ0v) is 20.8. The number of rotatable bonds is 7. The minimum Gasteiger partial charge on any atom is -0.437 e. The van der Waals surface area contributed by atoms with Crippen molar-refractivity contribution in [3.8, 4) is 11.6 Å².